The van der Waals surface area contributed by atoms with Crippen molar-refractivity contribution in [2.45, 2.75) is 31.6 Å². The highest BCUT2D eigenvalue weighted by atomic mass is 35.5. The smallest absolute Gasteiger partial charge is 0.228 e. The van der Waals surface area contributed by atoms with Gasteiger partial charge in [-0.25, -0.2) is 0 Å². The third kappa shape index (κ3) is 2.06. The van der Waals surface area contributed by atoms with Crippen LogP contribution in [0.15, 0.2) is 18.2 Å². The molecule has 1 aliphatic heterocycles. The van der Waals surface area contributed by atoms with Gasteiger partial charge in [0.05, 0.1) is 11.8 Å². The summed E-state index contributed by atoms with van der Waals surface area (Å²) in [5.41, 5.74) is 3.18. The first kappa shape index (κ1) is 11.1. The van der Waals surface area contributed by atoms with E-state index in [1.807, 2.05) is 12.1 Å². The van der Waals surface area contributed by atoms with Crippen LogP contribution in [0.2, 0.25) is 0 Å². The van der Waals surface area contributed by atoms with Crippen LogP contribution in [0.25, 0.3) is 0 Å². The third-order valence-corrected chi connectivity index (χ3v) is 4.55. The van der Waals surface area contributed by atoms with Gasteiger partial charge >= 0.3 is 0 Å². The van der Waals surface area contributed by atoms with Crippen LogP contribution in [0.3, 0.4) is 0 Å². The Morgan fingerprint density at radius 2 is 2.18 bits per heavy atom. The molecule has 0 radical (unpaired) electrons. The van der Waals surface area contributed by atoms with E-state index >= 15 is 0 Å². The normalized spacial score (nSPS) is 21.9. The summed E-state index contributed by atoms with van der Waals surface area (Å²) >= 11 is 6.52. The van der Waals surface area contributed by atoms with Gasteiger partial charge in [0, 0.05) is 5.69 Å². The zero-order valence-electron chi connectivity index (χ0n) is 9.87. The van der Waals surface area contributed by atoms with Gasteiger partial charge < -0.3 is 5.32 Å². The fourth-order valence-electron chi connectivity index (χ4n) is 2.59. The minimum absolute atomic E-state index is 0.0727. The summed E-state index contributed by atoms with van der Waals surface area (Å²) in [5, 5.41) is 2.92. The number of amides is 1. The molecule has 1 fully saturated rings. The number of benzene rings is 1. The summed E-state index contributed by atoms with van der Waals surface area (Å²) in [6.07, 6.45) is 3.12. The number of anilines is 1. The van der Waals surface area contributed by atoms with E-state index < -0.39 is 0 Å². The predicted molar refractivity (Wildman–Crippen MR) is 69.3 cm³/mol. The molecule has 0 bridgehead atoms. The lowest BCUT2D eigenvalue weighted by molar-refractivity contribution is -0.115. The zero-order chi connectivity index (χ0) is 12.0. The molecule has 1 N–H and O–H groups in total. The van der Waals surface area contributed by atoms with Crippen molar-refractivity contribution in [2.75, 3.05) is 5.32 Å². The van der Waals surface area contributed by atoms with E-state index in [0.29, 0.717) is 12.3 Å². The summed E-state index contributed by atoms with van der Waals surface area (Å²) in [5.74, 6) is 1.41. The van der Waals surface area contributed by atoms with E-state index in [-0.39, 0.29) is 11.3 Å². The first-order valence-electron chi connectivity index (χ1n) is 6.22. The SMILES string of the molecule is CC(C1CC1)C(Cl)c1ccc2c(c1)CC(=O)N2. The predicted octanol–water partition coefficient (Wildman–Crippen LogP) is 3.51. The molecule has 0 saturated heterocycles. The molecular formula is C14H16ClNO. The quantitative estimate of drug-likeness (QED) is 0.816. The van der Waals surface area contributed by atoms with E-state index in [4.69, 9.17) is 11.6 Å². The molecule has 90 valence electrons. The summed E-state index contributed by atoms with van der Waals surface area (Å²) < 4.78 is 0. The highest BCUT2D eigenvalue weighted by Crippen LogP contribution is 2.45. The van der Waals surface area contributed by atoms with Gasteiger partial charge in [0.1, 0.15) is 0 Å². The second-order valence-electron chi connectivity index (χ2n) is 5.24. The fourth-order valence-corrected chi connectivity index (χ4v) is 2.93. The Morgan fingerprint density at radius 1 is 1.41 bits per heavy atom. The summed E-state index contributed by atoms with van der Waals surface area (Å²) in [6, 6.07) is 6.11. The molecule has 1 heterocycles. The van der Waals surface area contributed by atoms with E-state index in [2.05, 4.69) is 18.3 Å². The first-order chi connectivity index (χ1) is 8.15. The van der Waals surface area contributed by atoms with Crippen molar-refractivity contribution in [1.29, 1.82) is 0 Å². The zero-order valence-corrected chi connectivity index (χ0v) is 10.6. The average molecular weight is 250 g/mol. The van der Waals surface area contributed by atoms with Gasteiger partial charge in [-0.05, 0) is 41.9 Å². The summed E-state index contributed by atoms with van der Waals surface area (Å²) in [6.45, 7) is 2.23. The largest absolute Gasteiger partial charge is 0.326 e. The van der Waals surface area contributed by atoms with Crippen LogP contribution in [0.1, 0.15) is 36.3 Å². The van der Waals surface area contributed by atoms with Crippen LogP contribution in [0, 0.1) is 11.8 Å². The molecule has 17 heavy (non-hydrogen) atoms. The lowest BCUT2D eigenvalue weighted by Gasteiger charge is -2.18. The lowest BCUT2D eigenvalue weighted by atomic mass is 9.94. The maximum atomic E-state index is 11.3. The maximum absolute atomic E-state index is 11.3. The van der Waals surface area contributed by atoms with Crippen LogP contribution in [-0.4, -0.2) is 5.91 Å². The Hall–Kier alpha value is -1.02. The molecule has 1 saturated carbocycles. The Labute approximate surface area is 106 Å². The minimum Gasteiger partial charge on any atom is -0.326 e. The second kappa shape index (κ2) is 4.02. The number of rotatable bonds is 3. The van der Waals surface area contributed by atoms with Gasteiger partial charge in [-0.15, -0.1) is 11.6 Å². The molecule has 2 aliphatic rings. The summed E-state index contributed by atoms with van der Waals surface area (Å²) in [7, 11) is 0. The standard InChI is InChI=1S/C14H16ClNO/c1-8(9-2-3-9)14(15)10-4-5-12-11(6-10)7-13(17)16-12/h4-6,8-9,14H,2-3,7H2,1H3,(H,16,17). The third-order valence-electron chi connectivity index (χ3n) is 3.90. The first-order valence-corrected chi connectivity index (χ1v) is 6.65. The summed E-state index contributed by atoms with van der Waals surface area (Å²) in [4.78, 5) is 11.3. The highest BCUT2D eigenvalue weighted by molar-refractivity contribution is 6.21. The highest BCUT2D eigenvalue weighted by Gasteiger charge is 2.33. The molecule has 1 aliphatic carbocycles. The van der Waals surface area contributed by atoms with E-state index in [0.717, 1.165) is 22.7 Å². The van der Waals surface area contributed by atoms with Crippen molar-refractivity contribution in [3.63, 3.8) is 0 Å². The molecule has 1 aromatic rings. The van der Waals surface area contributed by atoms with Crippen molar-refractivity contribution < 1.29 is 4.79 Å². The van der Waals surface area contributed by atoms with Gasteiger partial charge in [0.25, 0.3) is 0 Å². The van der Waals surface area contributed by atoms with Crippen molar-refractivity contribution in [1.82, 2.24) is 0 Å². The van der Waals surface area contributed by atoms with E-state index in [9.17, 15) is 4.79 Å². The molecule has 2 unspecified atom stereocenters. The number of halogens is 1. The number of hydrogen-bond acceptors (Lipinski definition) is 1. The number of carbonyl (C=O) groups excluding carboxylic acids is 1. The van der Waals surface area contributed by atoms with Gasteiger partial charge in [-0.3, -0.25) is 4.79 Å². The number of hydrogen-bond donors (Lipinski definition) is 1. The van der Waals surface area contributed by atoms with Crippen molar-refractivity contribution in [3.8, 4) is 0 Å². The molecule has 3 rings (SSSR count). The van der Waals surface area contributed by atoms with Gasteiger partial charge in [-0.2, -0.15) is 0 Å². The van der Waals surface area contributed by atoms with Crippen LogP contribution < -0.4 is 5.32 Å². The lowest BCUT2D eigenvalue weighted by Crippen LogP contribution is -2.06. The van der Waals surface area contributed by atoms with Crippen molar-refractivity contribution >= 4 is 23.2 Å². The van der Waals surface area contributed by atoms with Crippen LogP contribution in [0.5, 0.6) is 0 Å². The van der Waals surface area contributed by atoms with Crippen LogP contribution >= 0.6 is 11.6 Å². The Kier molecular flexibility index (Phi) is 2.62. The topological polar surface area (TPSA) is 29.1 Å². The van der Waals surface area contributed by atoms with Crippen LogP contribution in [-0.2, 0) is 11.2 Å². The molecule has 0 aromatic heterocycles. The number of nitrogens with one attached hydrogen (secondary N) is 1. The van der Waals surface area contributed by atoms with Crippen molar-refractivity contribution in [3.05, 3.63) is 29.3 Å². The number of fused-ring (bicyclic) bond motifs is 1. The van der Waals surface area contributed by atoms with Crippen LogP contribution in [0.4, 0.5) is 5.69 Å². The second-order valence-corrected chi connectivity index (χ2v) is 5.71. The molecular weight excluding hydrogens is 234 g/mol. The Morgan fingerprint density at radius 3 is 2.88 bits per heavy atom. The Bertz CT molecular complexity index is 467. The van der Waals surface area contributed by atoms with Gasteiger partial charge in [0.15, 0.2) is 0 Å². The Balaban J connectivity index is 1.84. The van der Waals surface area contributed by atoms with E-state index in [1.54, 1.807) is 0 Å². The maximum Gasteiger partial charge on any atom is 0.228 e. The molecule has 3 heteroatoms. The molecule has 2 nitrogen and oxygen atoms in total. The number of alkyl halides is 1. The monoisotopic (exact) mass is 249 g/mol. The molecule has 1 amide bonds. The molecule has 0 spiro atoms. The minimum atomic E-state index is 0.0727. The van der Waals surface area contributed by atoms with Gasteiger partial charge in [0.2, 0.25) is 5.91 Å². The number of carbonyl (C=O) groups is 1. The van der Waals surface area contributed by atoms with Gasteiger partial charge in [-0.1, -0.05) is 19.1 Å². The molecule has 1 aromatic carbocycles. The molecule has 2 atom stereocenters. The van der Waals surface area contributed by atoms with Crippen molar-refractivity contribution in [2.24, 2.45) is 11.8 Å². The van der Waals surface area contributed by atoms with E-state index in [1.165, 1.54) is 12.8 Å². The fraction of sp³-hybridized carbons (Fsp3) is 0.500. The average Bonchev–Trinajstić information content (AvgIpc) is 3.08.